The third-order valence-electron chi connectivity index (χ3n) is 5.48. The highest BCUT2D eigenvalue weighted by Crippen LogP contribution is 2.30. The predicted octanol–water partition coefficient (Wildman–Crippen LogP) is 7.40. The average Bonchev–Trinajstić information content (AvgIpc) is 2.82. The Morgan fingerprint density at radius 2 is 1.56 bits per heavy atom. The second kappa shape index (κ2) is 9.46. The van der Waals surface area contributed by atoms with Gasteiger partial charge in [0, 0.05) is 22.1 Å². The smallest absolute Gasteiger partial charge is 0.141 e. The summed E-state index contributed by atoms with van der Waals surface area (Å²) < 4.78 is 29.1. The zero-order valence-electron chi connectivity index (χ0n) is 17.8. The molecule has 156 valence electrons. The average molecular weight is 421 g/mol. The van der Waals surface area contributed by atoms with Crippen LogP contribution in [0.25, 0.3) is 21.9 Å². The fourth-order valence-electron chi connectivity index (χ4n) is 3.65. The van der Waals surface area contributed by atoms with Crippen LogP contribution in [0.2, 0.25) is 0 Å². The van der Waals surface area contributed by atoms with Crippen molar-refractivity contribution in [3.05, 3.63) is 107 Å². The summed E-state index contributed by atoms with van der Waals surface area (Å²) in [7, 11) is 0. The van der Waals surface area contributed by atoms with Gasteiger partial charge >= 0.3 is 0 Å². The molecule has 0 saturated carbocycles. The largest absolute Gasteiger partial charge is 0.206 e. The molecule has 4 rings (SSSR count). The molecule has 0 spiro atoms. The number of nitriles is 1. The van der Waals surface area contributed by atoms with Crippen molar-refractivity contribution in [3.63, 3.8) is 0 Å². The highest BCUT2D eigenvalue weighted by atomic mass is 19.1. The number of rotatable bonds is 4. The van der Waals surface area contributed by atoms with Crippen LogP contribution in [-0.4, -0.2) is 0 Å². The van der Waals surface area contributed by atoms with Crippen LogP contribution < -0.4 is 0 Å². The van der Waals surface area contributed by atoms with Gasteiger partial charge in [-0.15, -0.1) is 0 Å². The van der Waals surface area contributed by atoms with Gasteiger partial charge in [0.1, 0.15) is 17.7 Å². The van der Waals surface area contributed by atoms with Crippen molar-refractivity contribution in [1.82, 2.24) is 0 Å². The molecule has 0 aromatic heterocycles. The minimum absolute atomic E-state index is 0.0613. The molecule has 0 aliphatic heterocycles. The topological polar surface area (TPSA) is 23.8 Å². The lowest BCUT2D eigenvalue weighted by Gasteiger charge is -2.08. The zero-order valence-corrected chi connectivity index (χ0v) is 17.8. The van der Waals surface area contributed by atoms with E-state index >= 15 is 4.39 Å². The minimum atomic E-state index is -0.659. The number of unbranched alkanes of at least 4 members (excludes halogenated alkanes) is 1. The third kappa shape index (κ3) is 4.53. The van der Waals surface area contributed by atoms with Crippen molar-refractivity contribution in [1.29, 1.82) is 5.26 Å². The maximum Gasteiger partial charge on any atom is 0.141 e. The molecule has 0 aliphatic rings. The molecule has 4 aromatic carbocycles. The number of aryl methyl sites for hydroxylation is 1. The Hall–Kier alpha value is -3.95. The molecular formula is C29H21F2N. The van der Waals surface area contributed by atoms with Gasteiger partial charge in [-0.1, -0.05) is 61.6 Å². The fourth-order valence-corrected chi connectivity index (χ4v) is 3.65. The Kier molecular flexibility index (Phi) is 6.29. The van der Waals surface area contributed by atoms with Crippen molar-refractivity contribution < 1.29 is 8.78 Å². The SMILES string of the molecule is CCCCc1ccc(C#Cc2ccc3c(F)c(-c4ccc(C#N)c(F)c4)ccc3c2)cc1. The molecule has 0 unspecified atom stereocenters. The van der Waals surface area contributed by atoms with Crippen molar-refractivity contribution in [2.75, 3.05) is 0 Å². The molecule has 0 saturated heterocycles. The van der Waals surface area contributed by atoms with E-state index in [2.05, 4.69) is 30.9 Å². The number of halogens is 2. The summed E-state index contributed by atoms with van der Waals surface area (Å²) in [6, 6.07) is 22.9. The van der Waals surface area contributed by atoms with E-state index in [0.29, 0.717) is 16.5 Å². The second-order valence-corrected chi connectivity index (χ2v) is 7.72. The molecule has 0 amide bonds. The number of hydrogen-bond donors (Lipinski definition) is 0. The first-order valence-electron chi connectivity index (χ1n) is 10.6. The normalized spacial score (nSPS) is 10.4. The molecule has 0 bridgehead atoms. The Bertz CT molecular complexity index is 1380. The molecule has 0 radical (unpaired) electrons. The maximum absolute atomic E-state index is 15.2. The van der Waals surface area contributed by atoms with Gasteiger partial charge in [0.15, 0.2) is 0 Å². The quantitative estimate of drug-likeness (QED) is 0.315. The van der Waals surface area contributed by atoms with Crippen molar-refractivity contribution in [2.24, 2.45) is 0 Å². The van der Waals surface area contributed by atoms with Crippen LogP contribution in [-0.2, 0) is 6.42 Å². The van der Waals surface area contributed by atoms with E-state index in [0.717, 1.165) is 22.9 Å². The molecule has 0 aliphatic carbocycles. The zero-order chi connectivity index (χ0) is 22.5. The lowest BCUT2D eigenvalue weighted by Crippen LogP contribution is -1.90. The highest BCUT2D eigenvalue weighted by Gasteiger charge is 2.12. The van der Waals surface area contributed by atoms with E-state index in [4.69, 9.17) is 5.26 Å². The first kappa shape index (κ1) is 21.3. The summed E-state index contributed by atoms with van der Waals surface area (Å²) in [5.41, 5.74) is 3.68. The summed E-state index contributed by atoms with van der Waals surface area (Å²) in [4.78, 5) is 0. The maximum atomic E-state index is 15.2. The van der Waals surface area contributed by atoms with Crippen molar-refractivity contribution in [3.8, 4) is 29.0 Å². The van der Waals surface area contributed by atoms with Gasteiger partial charge in [-0.2, -0.15) is 5.26 Å². The summed E-state index contributed by atoms with van der Waals surface area (Å²) in [5, 5.41) is 10.1. The van der Waals surface area contributed by atoms with Gasteiger partial charge in [0.25, 0.3) is 0 Å². The predicted molar refractivity (Wildman–Crippen MR) is 125 cm³/mol. The molecule has 0 atom stereocenters. The number of fused-ring (bicyclic) bond motifs is 1. The van der Waals surface area contributed by atoms with E-state index in [-0.39, 0.29) is 5.56 Å². The van der Waals surface area contributed by atoms with E-state index < -0.39 is 11.6 Å². The fraction of sp³-hybridized carbons (Fsp3) is 0.138. The molecule has 0 fully saturated rings. The summed E-state index contributed by atoms with van der Waals surface area (Å²) in [6.45, 7) is 2.18. The van der Waals surface area contributed by atoms with Crippen LogP contribution in [0.3, 0.4) is 0 Å². The van der Waals surface area contributed by atoms with E-state index in [1.165, 1.54) is 30.5 Å². The molecule has 1 nitrogen and oxygen atoms in total. The monoisotopic (exact) mass is 421 g/mol. The lowest BCUT2D eigenvalue weighted by molar-refractivity contribution is 0.623. The number of benzene rings is 4. The first-order chi connectivity index (χ1) is 15.6. The highest BCUT2D eigenvalue weighted by molar-refractivity contribution is 5.89. The number of hydrogen-bond acceptors (Lipinski definition) is 1. The Morgan fingerprint density at radius 1 is 0.812 bits per heavy atom. The van der Waals surface area contributed by atoms with Gasteiger partial charge in [0.2, 0.25) is 0 Å². The minimum Gasteiger partial charge on any atom is -0.206 e. The first-order valence-corrected chi connectivity index (χ1v) is 10.6. The number of nitrogens with zero attached hydrogens (tertiary/aromatic N) is 1. The van der Waals surface area contributed by atoms with E-state index in [9.17, 15) is 4.39 Å². The van der Waals surface area contributed by atoms with Crippen LogP contribution in [0.4, 0.5) is 8.78 Å². The van der Waals surface area contributed by atoms with Gasteiger partial charge in [-0.3, -0.25) is 0 Å². The molecule has 0 N–H and O–H groups in total. The van der Waals surface area contributed by atoms with Gasteiger partial charge in [0.05, 0.1) is 5.56 Å². The summed E-state index contributed by atoms with van der Waals surface area (Å²) in [6.07, 6.45) is 3.44. The summed E-state index contributed by atoms with van der Waals surface area (Å²) >= 11 is 0. The second-order valence-electron chi connectivity index (χ2n) is 7.72. The standard InChI is InChI=1S/C29H21F2N/c1-2-3-4-20-5-7-21(8-6-20)9-10-22-11-15-26-23(17-22)14-16-27(29(26)31)24-12-13-25(19-32)28(30)18-24/h5-8,11-18H,2-4H2,1H3. The molecule has 32 heavy (non-hydrogen) atoms. The van der Waals surface area contributed by atoms with Gasteiger partial charge < -0.3 is 0 Å². The van der Waals surface area contributed by atoms with Crippen molar-refractivity contribution >= 4 is 10.8 Å². The Morgan fingerprint density at radius 3 is 2.28 bits per heavy atom. The van der Waals surface area contributed by atoms with Crippen LogP contribution in [0.1, 0.15) is 42.0 Å². The van der Waals surface area contributed by atoms with Crippen LogP contribution in [0, 0.1) is 34.8 Å². The molecule has 0 heterocycles. The van der Waals surface area contributed by atoms with Gasteiger partial charge in [-0.05, 0) is 65.8 Å². The lowest BCUT2D eigenvalue weighted by atomic mass is 9.98. The van der Waals surface area contributed by atoms with Crippen molar-refractivity contribution in [2.45, 2.75) is 26.2 Å². The summed E-state index contributed by atoms with van der Waals surface area (Å²) in [5.74, 6) is 5.23. The molecule has 3 heteroatoms. The van der Waals surface area contributed by atoms with Crippen LogP contribution >= 0.6 is 0 Å². The van der Waals surface area contributed by atoms with E-state index in [1.54, 1.807) is 36.4 Å². The molecule has 4 aromatic rings. The Labute approximate surface area is 187 Å². The van der Waals surface area contributed by atoms with Crippen LogP contribution in [0.5, 0.6) is 0 Å². The van der Waals surface area contributed by atoms with E-state index in [1.807, 2.05) is 18.2 Å². The van der Waals surface area contributed by atoms with Gasteiger partial charge in [-0.25, -0.2) is 8.78 Å². The third-order valence-corrected chi connectivity index (χ3v) is 5.48. The Balaban J connectivity index is 1.61. The molecular weight excluding hydrogens is 400 g/mol. The van der Waals surface area contributed by atoms with Crippen LogP contribution in [0.15, 0.2) is 72.8 Å².